The van der Waals surface area contributed by atoms with Crippen molar-refractivity contribution in [1.29, 1.82) is 0 Å². The summed E-state index contributed by atoms with van der Waals surface area (Å²) in [4.78, 5) is 11.2. The molecule has 0 saturated carbocycles. The molecule has 3 heteroatoms. The summed E-state index contributed by atoms with van der Waals surface area (Å²) >= 11 is 0. The second-order valence-electron chi connectivity index (χ2n) is 3.82. The van der Waals surface area contributed by atoms with Gasteiger partial charge in [-0.3, -0.25) is 4.79 Å². The van der Waals surface area contributed by atoms with E-state index in [0.717, 1.165) is 24.2 Å². The van der Waals surface area contributed by atoms with E-state index in [1.807, 2.05) is 0 Å². The first-order valence-corrected chi connectivity index (χ1v) is 4.38. The van der Waals surface area contributed by atoms with Crippen LogP contribution in [0.5, 0.6) is 0 Å². The van der Waals surface area contributed by atoms with E-state index in [0.29, 0.717) is 11.8 Å². The molecule has 0 radical (unpaired) electrons. The molecule has 12 heavy (non-hydrogen) atoms. The van der Waals surface area contributed by atoms with Gasteiger partial charge in [0.05, 0.1) is 5.56 Å². The summed E-state index contributed by atoms with van der Waals surface area (Å²) in [5, 5.41) is 2.40. The van der Waals surface area contributed by atoms with Crippen molar-refractivity contribution in [3.8, 4) is 0 Å². The quantitative estimate of drug-likeness (QED) is 0.638. The molecule has 2 rings (SSSR count). The van der Waals surface area contributed by atoms with Crippen LogP contribution >= 0.6 is 0 Å². The van der Waals surface area contributed by atoms with Crippen molar-refractivity contribution in [1.82, 2.24) is 5.16 Å². The van der Waals surface area contributed by atoms with E-state index in [1.165, 1.54) is 0 Å². The minimum Gasteiger partial charge on any atom is -0.383 e. The SMILES string of the molecule is C[C@H]1Cc2o[nH]c(=O)c2[C@H](C)C1. The van der Waals surface area contributed by atoms with Crippen LogP contribution in [-0.4, -0.2) is 5.16 Å². The third-order valence-corrected chi connectivity index (χ3v) is 2.59. The molecule has 1 heterocycles. The predicted octanol–water partition coefficient (Wildman–Crippen LogP) is 1.65. The van der Waals surface area contributed by atoms with Crippen LogP contribution in [0.4, 0.5) is 0 Å². The summed E-state index contributed by atoms with van der Waals surface area (Å²) < 4.78 is 5.09. The number of aromatic nitrogens is 1. The summed E-state index contributed by atoms with van der Waals surface area (Å²) in [6, 6.07) is 0. The lowest BCUT2D eigenvalue weighted by Crippen LogP contribution is -2.18. The van der Waals surface area contributed by atoms with E-state index in [4.69, 9.17) is 4.52 Å². The Bertz CT molecular complexity index is 337. The van der Waals surface area contributed by atoms with Crippen LogP contribution in [0.1, 0.15) is 37.5 Å². The van der Waals surface area contributed by atoms with Gasteiger partial charge in [0, 0.05) is 6.42 Å². The van der Waals surface area contributed by atoms with Crippen molar-refractivity contribution in [2.75, 3.05) is 0 Å². The Morgan fingerprint density at radius 1 is 1.50 bits per heavy atom. The highest BCUT2D eigenvalue weighted by Gasteiger charge is 2.27. The molecule has 0 unspecified atom stereocenters. The van der Waals surface area contributed by atoms with E-state index in [2.05, 4.69) is 19.0 Å². The molecular weight excluding hydrogens is 154 g/mol. The molecule has 0 aromatic carbocycles. The lowest BCUT2D eigenvalue weighted by Gasteiger charge is -2.21. The monoisotopic (exact) mass is 167 g/mol. The Kier molecular flexibility index (Phi) is 1.60. The standard InChI is InChI=1S/C9H13NO2/c1-5-3-6(2)8-7(4-5)12-10-9(8)11/h5-6H,3-4H2,1-2H3,(H,10,11)/t5-,6-/m1/s1. The van der Waals surface area contributed by atoms with Gasteiger partial charge in [-0.15, -0.1) is 0 Å². The number of nitrogens with one attached hydrogen (secondary N) is 1. The van der Waals surface area contributed by atoms with Crippen molar-refractivity contribution < 1.29 is 4.52 Å². The van der Waals surface area contributed by atoms with E-state index >= 15 is 0 Å². The fourth-order valence-corrected chi connectivity index (χ4v) is 2.12. The predicted molar refractivity (Wildman–Crippen MR) is 45.2 cm³/mol. The highest BCUT2D eigenvalue weighted by Crippen LogP contribution is 2.31. The number of rotatable bonds is 0. The van der Waals surface area contributed by atoms with Gasteiger partial charge >= 0.3 is 0 Å². The first-order chi connectivity index (χ1) is 5.68. The molecular formula is C9H13NO2. The maximum Gasteiger partial charge on any atom is 0.283 e. The van der Waals surface area contributed by atoms with Crippen LogP contribution in [0.3, 0.4) is 0 Å². The van der Waals surface area contributed by atoms with Crippen molar-refractivity contribution >= 4 is 0 Å². The lowest BCUT2D eigenvalue weighted by atomic mass is 9.82. The van der Waals surface area contributed by atoms with Crippen LogP contribution in [-0.2, 0) is 6.42 Å². The van der Waals surface area contributed by atoms with Crippen LogP contribution < -0.4 is 5.56 Å². The number of fused-ring (bicyclic) bond motifs is 1. The third kappa shape index (κ3) is 1.00. The van der Waals surface area contributed by atoms with Gasteiger partial charge in [0.1, 0.15) is 5.76 Å². The fourth-order valence-electron chi connectivity index (χ4n) is 2.12. The van der Waals surface area contributed by atoms with Gasteiger partial charge in [-0.25, -0.2) is 0 Å². The highest BCUT2D eigenvalue weighted by molar-refractivity contribution is 5.21. The topological polar surface area (TPSA) is 46.0 Å². The fraction of sp³-hybridized carbons (Fsp3) is 0.667. The molecule has 1 aliphatic rings. The summed E-state index contributed by atoms with van der Waals surface area (Å²) in [6.45, 7) is 4.27. The van der Waals surface area contributed by atoms with E-state index < -0.39 is 0 Å². The van der Waals surface area contributed by atoms with Crippen LogP contribution in [0.2, 0.25) is 0 Å². The van der Waals surface area contributed by atoms with Gasteiger partial charge in [-0.2, -0.15) is 5.16 Å². The minimum absolute atomic E-state index is 0.0376. The molecule has 1 aromatic heterocycles. The van der Waals surface area contributed by atoms with E-state index in [1.54, 1.807) is 0 Å². The summed E-state index contributed by atoms with van der Waals surface area (Å²) in [6.07, 6.45) is 1.99. The molecule has 1 N–H and O–H groups in total. The Labute approximate surface area is 70.7 Å². The van der Waals surface area contributed by atoms with E-state index in [-0.39, 0.29) is 5.56 Å². The molecule has 3 nitrogen and oxygen atoms in total. The molecule has 0 amide bonds. The second-order valence-corrected chi connectivity index (χ2v) is 3.82. The number of H-pyrrole nitrogens is 1. The molecule has 66 valence electrons. The normalized spacial score (nSPS) is 28.5. The zero-order valence-electron chi connectivity index (χ0n) is 7.39. The summed E-state index contributed by atoms with van der Waals surface area (Å²) in [5.74, 6) is 1.85. The number of hydrogen-bond donors (Lipinski definition) is 1. The smallest absolute Gasteiger partial charge is 0.283 e. The average molecular weight is 167 g/mol. The second kappa shape index (κ2) is 2.51. The molecule has 0 saturated heterocycles. The number of aromatic amines is 1. The third-order valence-electron chi connectivity index (χ3n) is 2.59. The van der Waals surface area contributed by atoms with E-state index in [9.17, 15) is 4.79 Å². The van der Waals surface area contributed by atoms with Crippen molar-refractivity contribution in [2.45, 2.75) is 32.6 Å². The molecule has 0 fully saturated rings. The Hall–Kier alpha value is -0.990. The molecule has 0 spiro atoms. The largest absolute Gasteiger partial charge is 0.383 e. The molecule has 2 atom stereocenters. The first-order valence-electron chi connectivity index (χ1n) is 4.38. The van der Waals surface area contributed by atoms with Crippen LogP contribution in [0, 0.1) is 5.92 Å². The molecule has 1 aromatic rings. The first kappa shape index (κ1) is 7.65. The van der Waals surface area contributed by atoms with Crippen molar-refractivity contribution in [2.24, 2.45) is 5.92 Å². The van der Waals surface area contributed by atoms with Gasteiger partial charge in [0.2, 0.25) is 0 Å². The summed E-state index contributed by atoms with van der Waals surface area (Å²) in [7, 11) is 0. The average Bonchev–Trinajstić information content (AvgIpc) is 2.31. The van der Waals surface area contributed by atoms with Gasteiger partial charge in [-0.1, -0.05) is 13.8 Å². The molecule has 0 aliphatic heterocycles. The maximum absolute atomic E-state index is 11.2. The van der Waals surface area contributed by atoms with Gasteiger partial charge in [0.15, 0.2) is 0 Å². The van der Waals surface area contributed by atoms with Gasteiger partial charge in [-0.05, 0) is 18.3 Å². The Balaban J connectivity index is 2.50. The minimum atomic E-state index is -0.0376. The maximum atomic E-state index is 11.2. The highest BCUT2D eigenvalue weighted by atomic mass is 16.5. The zero-order chi connectivity index (χ0) is 8.72. The number of hydrogen-bond acceptors (Lipinski definition) is 2. The summed E-state index contributed by atoms with van der Waals surface area (Å²) in [5.41, 5.74) is 0.831. The van der Waals surface area contributed by atoms with Crippen molar-refractivity contribution in [3.05, 3.63) is 21.7 Å². The van der Waals surface area contributed by atoms with Crippen LogP contribution in [0.25, 0.3) is 0 Å². The zero-order valence-corrected chi connectivity index (χ0v) is 7.39. The van der Waals surface area contributed by atoms with Crippen molar-refractivity contribution in [3.63, 3.8) is 0 Å². The Morgan fingerprint density at radius 2 is 2.25 bits per heavy atom. The van der Waals surface area contributed by atoms with Crippen LogP contribution in [0.15, 0.2) is 9.32 Å². The Morgan fingerprint density at radius 3 is 3.00 bits per heavy atom. The molecule has 1 aliphatic carbocycles. The van der Waals surface area contributed by atoms with Gasteiger partial charge < -0.3 is 4.52 Å². The molecule has 0 bridgehead atoms. The lowest BCUT2D eigenvalue weighted by molar-refractivity contribution is 0.333. The van der Waals surface area contributed by atoms with Gasteiger partial charge in [0.25, 0.3) is 5.56 Å².